The van der Waals surface area contributed by atoms with Crippen LogP contribution in [-0.2, 0) is 4.79 Å². The van der Waals surface area contributed by atoms with Crippen LogP contribution >= 0.6 is 12.8 Å². The molecule has 1 N–H and O–H groups in total. The van der Waals surface area contributed by atoms with E-state index in [1.54, 1.807) is 0 Å². The van der Waals surface area contributed by atoms with Crippen molar-refractivity contribution in [1.82, 2.24) is 4.72 Å². The third kappa shape index (κ3) is 2.60. The summed E-state index contributed by atoms with van der Waals surface area (Å²) in [4.78, 5) is 11.0. The molecule has 0 bridgehead atoms. The Bertz CT molecular complexity index is 114. The third-order valence-electron chi connectivity index (χ3n) is 1.69. The lowest BCUT2D eigenvalue weighted by atomic mass is 9.93. The monoisotopic (exact) mass is 161 g/mol. The number of carbonyl (C=O) groups excluding carboxylic acids is 1. The third-order valence-corrected chi connectivity index (χ3v) is 1.91. The number of hydrogen-bond acceptors (Lipinski definition) is 2. The van der Waals surface area contributed by atoms with Crippen LogP contribution in [0.3, 0.4) is 0 Å². The molecule has 0 aromatic rings. The number of hydrogen-bond donors (Lipinski definition) is 2. The number of nitrogens with one attached hydrogen (secondary N) is 1. The summed E-state index contributed by atoms with van der Waals surface area (Å²) in [6.45, 7) is 6.09. The normalized spacial score (nSPS) is 13.3. The van der Waals surface area contributed by atoms with Crippen molar-refractivity contribution in [1.29, 1.82) is 0 Å². The SMILES string of the molecule is CCC(C(=O)NS)C(C)C. The van der Waals surface area contributed by atoms with Crippen LogP contribution in [0.25, 0.3) is 0 Å². The van der Waals surface area contributed by atoms with Crippen molar-refractivity contribution < 1.29 is 4.79 Å². The van der Waals surface area contributed by atoms with E-state index in [0.29, 0.717) is 5.92 Å². The highest BCUT2D eigenvalue weighted by Gasteiger charge is 2.18. The highest BCUT2D eigenvalue weighted by Crippen LogP contribution is 2.14. The van der Waals surface area contributed by atoms with Gasteiger partial charge >= 0.3 is 0 Å². The van der Waals surface area contributed by atoms with Gasteiger partial charge in [-0.15, -0.1) is 0 Å². The molecule has 0 aliphatic carbocycles. The lowest BCUT2D eigenvalue weighted by Gasteiger charge is -2.15. The standard InChI is InChI=1S/C7H15NOS/c1-4-6(5(2)3)7(9)8-10/h5-6,10H,4H2,1-3H3,(H,8,9). The van der Waals surface area contributed by atoms with Gasteiger partial charge in [0.25, 0.3) is 0 Å². The highest BCUT2D eigenvalue weighted by molar-refractivity contribution is 7.78. The first-order chi connectivity index (χ1) is 4.63. The van der Waals surface area contributed by atoms with E-state index in [4.69, 9.17) is 0 Å². The van der Waals surface area contributed by atoms with E-state index >= 15 is 0 Å². The number of thiol groups is 1. The molecule has 2 nitrogen and oxygen atoms in total. The zero-order chi connectivity index (χ0) is 8.15. The summed E-state index contributed by atoms with van der Waals surface area (Å²) in [5.74, 6) is 0.537. The molecule has 0 rings (SSSR count). The first kappa shape index (κ1) is 9.82. The van der Waals surface area contributed by atoms with E-state index in [1.165, 1.54) is 0 Å². The van der Waals surface area contributed by atoms with Crippen LogP contribution in [0.15, 0.2) is 0 Å². The summed E-state index contributed by atoms with van der Waals surface area (Å²) >= 11 is 3.70. The molecule has 0 saturated heterocycles. The topological polar surface area (TPSA) is 29.1 Å². The van der Waals surface area contributed by atoms with Crippen molar-refractivity contribution in [2.24, 2.45) is 11.8 Å². The predicted octanol–water partition coefficient (Wildman–Crippen LogP) is 1.63. The molecule has 0 saturated carbocycles. The van der Waals surface area contributed by atoms with Crippen molar-refractivity contribution in [2.75, 3.05) is 0 Å². The van der Waals surface area contributed by atoms with Crippen molar-refractivity contribution in [3.05, 3.63) is 0 Å². The van der Waals surface area contributed by atoms with Gasteiger partial charge in [-0.05, 0) is 12.3 Å². The smallest absolute Gasteiger partial charge is 0.232 e. The zero-order valence-corrected chi connectivity index (χ0v) is 7.61. The molecule has 0 radical (unpaired) electrons. The van der Waals surface area contributed by atoms with E-state index in [-0.39, 0.29) is 11.8 Å². The summed E-state index contributed by atoms with van der Waals surface area (Å²) < 4.78 is 2.35. The number of amides is 1. The Labute approximate surface area is 67.9 Å². The summed E-state index contributed by atoms with van der Waals surface area (Å²) in [7, 11) is 0. The van der Waals surface area contributed by atoms with Crippen molar-refractivity contribution in [2.45, 2.75) is 27.2 Å². The summed E-state index contributed by atoms with van der Waals surface area (Å²) in [5.41, 5.74) is 0. The van der Waals surface area contributed by atoms with Crippen molar-refractivity contribution in [3.63, 3.8) is 0 Å². The Morgan fingerprint density at radius 2 is 2.10 bits per heavy atom. The van der Waals surface area contributed by atoms with E-state index in [0.717, 1.165) is 6.42 Å². The second-order valence-corrected chi connectivity index (χ2v) is 2.96. The van der Waals surface area contributed by atoms with Gasteiger partial charge in [0, 0.05) is 5.92 Å². The van der Waals surface area contributed by atoms with Crippen molar-refractivity contribution in [3.8, 4) is 0 Å². The van der Waals surface area contributed by atoms with Crippen LogP contribution in [-0.4, -0.2) is 5.91 Å². The van der Waals surface area contributed by atoms with E-state index in [1.807, 2.05) is 20.8 Å². The van der Waals surface area contributed by atoms with E-state index in [2.05, 4.69) is 17.5 Å². The molecule has 0 heterocycles. The molecule has 0 aromatic heterocycles. The van der Waals surface area contributed by atoms with Gasteiger partial charge in [0.15, 0.2) is 0 Å². The average Bonchev–Trinajstić information content (AvgIpc) is 1.88. The molecule has 0 spiro atoms. The maximum Gasteiger partial charge on any atom is 0.232 e. The molecule has 0 fully saturated rings. The molecule has 1 unspecified atom stereocenters. The minimum absolute atomic E-state index is 0.0285. The molecule has 1 amide bonds. The Hall–Kier alpha value is -0.180. The van der Waals surface area contributed by atoms with Crippen LogP contribution in [0.5, 0.6) is 0 Å². The first-order valence-corrected chi connectivity index (χ1v) is 4.02. The average molecular weight is 161 g/mol. The fraction of sp³-hybridized carbons (Fsp3) is 0.857. The quantitative estimate of drug-likeness (QED) is 0.605. The lowest BCUT2D eigenvalue weighted by Crippen LogP contribution is -2.27. The van der Waals surface area contributed by atoms with Crippen LogP contribution in [0.4, 0.5) is 0 Å². The Morgan fingerprint density at radius 3 is 2.20 bits per heavy atom. The Morgan fingerprint density at radius 1 is 1.60 bits per heavy atom. The van der Waals surface area contributed by atoms with Crippen molar-refractivity contribution >= 4 is 18.7 Å². The minimum Gasteiger partial charge on any atom is -0.303 e. The summed E-state index contributed by atoms with van der Waals surface area (Å²) in [5, 5.41) is 0. The summed E-state index contributed by atoms with van der Waals surface area (Å²) in [6.07, 6.45) is 0.879. The maximum absolute atomic E-state index is 11.0. The van der Waals surface area contributed by atoms with Gasteiger partial charge in [0.1, 0.15) is 0 Å². The molecular formula is C7H15NOS. The molecule has 0 aliphatic heterocycles. The first-order valence-electron chi connectivity index (χ1n) is 3.57. The van der Waals surface area contributed by atoms with Gasteiger partial charge in [-0.3, -0.25) is 4.79 Å². The lowest BCUT2D eigenvalue weighted by molar-refractivity contribution is -0.124. The Kier molecular flexibility index (Phi) is 4.52. The van der Waals surface area contributed by atoms with Crippen LogP contribution in [0.2, 0.25) is 0 Å². The zero-order valence-electron chi connectivity index (χ0n) is 6.72. The van der Waals surface area contributed by atoms with Gasteiger partial charge in [0.05, 0.1) is 0 Å². The van der Waals surface area contributed by atoms with Gasteiger partial charge in [-0.1, -0.05) is 33.6 Å². The minimum atomic E-state index is 0.0285. The van der Waals surface area contributed by atoms with Gasteiger partial charge in [-0.25, -0.2) is 0 Å². The molecule has 10 heavy (non-hydrogen) atoms. The van der Waals surface area contributed by atoms with Crippen LogP contribution in [0.1, 0.15) is 27.2 Å². The largest absolute Gasteiger partial charge is 0.303 e. The number of carbonyl (C=O) groups is 1. The fourth-order valence-electron chi connectivity index (χ4n) is 1.04. The molecule has 3 heteroatoms. The van der Waals surface area contributed by atoms with Crippen LogP contribution in [0, 0.1) is 11.8 Å². The Balaban J connectivity index is 3.93. The molecule has 60 valence electrons. The fourth-order valence-corrected chi connectivity index (χ4v) is 1.21. The molecular weight excluding hydrogens is 146 g/mol. The van der Waals surface area contributed by atoms with E-state index in [9.17, 15) is 4.79 Å². The summed E-state index contributed by atoms with van der Waals surface area (Å²) in [6, 6.07) is 0. The second-order valence-electron chi connectivity index (χ2n) is 2.73. The second kappa shape index (κ2) is 4.61. The highest BCUT2D eigenvalue weighted by atomic mass is 32.1. The van der Waals surface area contributed by atoms with Crippen LogP contribution < -0.4 is 4.72 Å². The number of rotatable bonds is 3. The van der Waals surface area contributed by atoms with Gasteiger partial charge in [-0.2, -0.15) is 0 Å². The van der Waals surface area contributed by atoms with Gasteiger partial charge in [0.2, 0.25) is 5.91 Å². The van der Waals surface area contributed by atoms with Gasteiger partial charge < -0.3 is 4.72 Å². The molecule has 0 aliphatic rings. The molecule has 0 aromatic carbocycles. The molecule has 1 atom stereocenters. The van der Waals surface area contributed by atoms with E-state index < -0.39 is 0 Å². The maximum atomic E-state index is 11.0. The predicted molar refractivity (Wildman–Crippen MR) is 45.7 cm³/mol.